The molecular weight excluding hydrogens is 224 g/mol. The van der Waals surface area contributed by atoms with Crippen LogP contribution in [0.3, 0.4) is 0 Å². The predicted molar refractivity (Wildman–Crippen MR) is 73.8 cm³/mol. The summed E-state index contributed by atoms with van der Waals surface area (Å²) < 4.78 is 11.6. The molecule has 1 heterocycles. The monoisotopic (exact) mass is 248 g/mol. The van der Waals surface area contributed by atoms with Crippen LogP contribution in [0.25, 0.3) is 0 Å². The van der Waals surface area contributed by atoms with Crippen LogP contribution in [-0.2, 0) is 9.47 Å². The zero-order valence-corrected chi connectivity index (χ0v) is 11.6. The van der Waals surface area contributed by atoms with Crippen LogP contribution in [0.5, 0.6) is 0 Å². The molecule has 100 valence electrons. The van der Waals surface area contributed by atoms with Gasteiger partial charge in [-0.1, -0.05) is 44.2 Å². The third kappa shape index (κ3) is 2.60. The Morgan fingerprint density at radius 1 is 1.06 bits per heavy atom. The van der Waals surface area contributed by atoms with E-state index in [2.05, 4.69) is 44.2 Å². The Morgan fingerprint density at radius 2 is 1.72 bits per heavy atom. The molecule has 1 aromatic carbocycles. The number of methoxy groups -OCH3 is 1. The third-order valence-corrected chi connectivity index (χ3v) is 4.04. The van der Waals surface area contributed by atoms with Crippen molar-refractivity contribution in [2.24, 2.45) is 5.92 Å². The SMILES string of the molecule is CC[C@@H]1O[C@@H](CC)[C@H](c2ccccc2)[C@H]1COC. The molecule has 0 N–H and O–H groups in total. The molecule has 1 fully saturated rings. The Bertz CT molecular complexity index is 349. The van der Waals surface area contributed by atoms with Crippen LogP contribution in [-0.4, -0.2) is 25.9 Å². The van der Waals surface area contributed by atoms with Gasteiger partial charge in [0.1, 0.15) is 0 Å². The molecule has 1 saturated heterocycles. The summed E-state index contributed by atoms with van der Waals surface area (Å²) in [4.78, 5) is 0. The molecule has 0 radical (unpaired) electrons. The Hall–Kier alpha value is -0.860. The first-order valence-electron chi connectivity index (χ1n) is 7.01. The van der Waals surface area contributed by atoms with E-state index >= 15 is 0 Å². The first kappa shape index (κ1) is 13.6. The highest BCUT2D eigenvalue weighted by Gasteiger charge is 2.43. The quantitative estimate of drug-likeness (QED) is 0.792. The summed E-state index contributed by atoms with van der Waals surface area (Å²) in [6, 6.07) is 10.7. The van der Waals surface area contributed by atoms with Crippen LogP contribution >= 0.6 is 0 Å². The highest BCUT2D eigenvalue weighted by molar-refractivity contribution is 5.23. The minimum absolute atomic E-state index is 0.331. The van der Waals surface area contributed by atoms with Gasteiger partial charge in [0, 0.05) is 18.9 Å². The van der Waals surface area contributed by atoms with E-state index in [1.54, 1.807) is 7.11 Å². The molecule has 0 amide bonds. The van der Waals surface area contributed by atoms with E-state index in [0.717, 1.165) is 19.4 Å². The summed E-state index contributed by atoms with van der Waals surface area (Å²) in [6.07, 6.45) is 2.79. The van der Waals surface area contributed by atoms with E-state index in [0.29, 0.717) is 24.0 Å². The lowest BCUT2D eigenvalue weighted by Crippen LogP contribution is -2.24. The fourth-order valence-corrected chi connectivity index (χ4v) is 3.21. The molecule has 18 heavy (non-hydrogen) atoms. The van der Waals surface area contributed by atoms with Crippen molar-refractivity contribution in [3.05, 3.63) is 35.9 Å². The zero-order chi connectivity index (χ0) is 13.0. The van der Waals surface area contributed by atoms with Crippen molar-refractivity contribution in [1.82, 2.24) is 0 Å². The average molecular weight is 248 g/mol. The number of hydrogen-bond acceptors (Lipinski definition) is 2. The summed E-state index contributed by atoms with van der Waals surface area (Å²) >= 11 is 0. The van der Waals surface area contributed by atoms with Gasteiger partial charge in [-0.2, -0.15) is 0 Å². The fourth-order valence-electron chi connectivity index (χ4n) is 3.21. The van der Waals surface area contributed by atoms with Crippen molar-refractivity contribution in [2.75, 3.05) is 13.7 Å². The van der Waals surface area contributed by atoms with Crippen molar-refractivity contribution in [1.29, 1.82) is 0 Å². The van der Waals surface area contributed by atoms with Gasteiger partial charge in [-0.15, -0.1) is 0 Å². The van der Waals surface area contributed by atoms with E-state index in [4.69, 9.17) is 9.47 Å². The highest BCUT2D eigenvalue weighted by Crippen LogP contribution is 2.42. The molecule has 2 nitrogen and oxygen atoms in total. The van der Waals surface area contributed by atoms with Crippen molar-refractivity contribution in [2.45, 2.75) is 44.8 Å². The van der Waals surface area contributed by atoms with Crippen LogP contribution in [0.2, 0.25) is 0 Å². The first-order chi connectivity index (χ1) is 8.81. The molecule has 1 aliphatic heterocycles. The lowest BCUT2D eigenvalue weighted by molar-refractivity contribution is 0.0183. The van der Waals surface area contributed by atoms with Crippen LogP contribution in [0.15, 0.2) is 30.3 Å². The Kier molecular flexibility index (Phi) is 4.79. The molecule has 0 aromatic heterocycles. The number of rotatable bonds is 5. The highest BCUT2D eigenvalue weighted by atomic mass is 16.5. The predicted octanol–water partition coefficient (Wildman–Crippen LogP) is 3.62. The second kappa shape index (κ2) is 6.35. The maximum absolute atomic E-state index is 6.21. The van der Waals surface area contributed by atoms with Crippen LogP contribution in [0, 0.1) is 5.92 Å². The molecule has 0 unspecified atom stereocenters. The van der Waals surface area contributed by atoms with Gasteiger partial charge in [-0.05, 0) is 18.4 Å². The maximum Gasteiger partial charge on any atom is 0.0649 e. The van der Waals surface area contributed by atoms with Gasteiger partial charge >= 0.3 is 0 Å². The molecule has 0 bridgehead atoms. The number of hydrogen-bond donors (Lipinski definition) is 0. The lowest BCUT2D eigenvalue weighted by atomic mass is 9.81. The molecule has 0 aliphatic carbocycles. The molecule has 0 spiro atoms. The van der Waals surface area contributed by atoms with Crippen LogP contribution in [0.1, 0.15) is 38.2 Å². The molecule has 4 atom stereocenters. The number of ether oxygens (including phenoxy) is 2. The molecule has 2 heteroatoms. The van der Waals surface area contributed by atoms with Crippen LogP contribution in [0.4, 0.5) is 0 Å². The van der Waals surface area contributed by atoms with Crippen molar-refractivity contribution in [3.63, 3.8) is 0 Å². The zero-order valence-electron chi connectivity index (χ0n) is 11.6. The minimum atomic E-state index is 0.331. The second-order valence-corrected chi connectivity index (χ2v) is 5.09. The summed E-state index contributed by atoms with van der Waals surface area (Å²) in [7, 11) is 1.79. The van der Waals surface area contributed by atoms with E-state index in [1.807, 2.05) is 0 Å². The van der Waals surface area contributed by atoms with Crippen LogP contribution < -0.4 is 0 Å². The van der Waals surface area contributed by atoms with E-state index < -0.39 is 0 Å². The normalized spacial score (nSPS) is 31.7. The molecular formula is C16H24O2. The molecule has 2 rings (SSSR count). The maximum atomic E-state index is 6.21. The van der Waals surface area contributed by atoms with E-state index in [-0.39, 0.29) is 0 Å². The fraction of sp³-hybridized carbons (Fsp3) is 0.625. The average Bonchev–Trinajstić information content (AvgIpc) is 2.78. The van der Waals surface area contributed by atoms with Crippen molar-refractivity contribution >= 4 is 0 Å². The summed E-state index contributed by atoms with van der Waals surface area (Å²) in [6.45, 7) is 5.20. The van der Waals surface area contributed by atoms with Gasteiger partial charge in [0.2, 0.25) is 0 Å². The second-order valence-electron chi connectivity index (χ2n) is 5.09. The topological polar surface area (TPSA) is 18.5 Å². The first-order valence-corrected chi connectivity index (χ1v) is 7.01. The number of benzene rings is 1. The summed E-state index contributed by atoms with van der Waals surface area (Å²) in [5.74, 6) is 0.952. The summed E-state index contributed by atoms with van der Waals surface area (Å²) in [5, 5.41) is 0. The van der Waals surface area contributed by atoms with Gasteiger partial charge in [-0.25, -0.2) is 0 Å². The largest absolute Gasteiger partial charge is 0.384 e. The van der Waals surface area contributed by atoms with Gasteiger partial charge in [0.25, 0.3) is 0 Å². The standard InChI is InChI=1S/C16H24O2/c1-4-14-13(11-17-3)16(15(5-2)18-14)12-9-7-6-8-10-12/h6-10,13-16H,4-5,11H2,1-3H3/t13-,14-,15-,16+/m0/s1. The van der Waals surface area contributed by atoms with Crippen molar-refractivity contribution in [3.8, 4) is 0 Å². The summed E-state index contributed by atoms with van der Waals surface area (Å²) in [5.41, 5.74) is 1.39. The molecule has 1 aliphatic rings. The molecule has 0 saturated carbocycles. The smallest absolute Gasteiger partial charge is 0.0649 e. The Labute approximate surface area is 110 Å². The third-order valence-electron chi connectivity index (χ3n) is 4.04. The van der Waals surface area contributed by atoms with Gasteiger partial charge < -0.3 is 9.47 Å². The van der Waals surface area contributed by atoms with E-state index in [1.165, 1.54) is 5.56 Å². The lowest BCUT2D eigenvalue weighted by Gasteiger charge is -2.23. The van der Waals surface area contributed by atoms with Gasteiger partial charge in [0.05, 0.1) is 18.8 Å². The molecule has 1 aromatic rings. The van der Waals surface area contributed by atoms with Crippen molar-refractivity contribution < 1.29 is 9.47 Å². The Balaban J connectivity index is 2.27. The van der Waals surface area contributed by atoms with Gasteiger partial charge in [-0.3, -0.25) is 0 Å². The minimum Gasteiger partial charge on any atom is -0.384 e. The Morgan fingerprint density at radius 3 is 2.28 bits per heavy atom. The van der Waals surface area contributed by atoms with Gasteiger partial charge in [0.15, 0.2) is 0 Å². The van der Waals surface area contributed by atoms with E-state index in [9.17, 15) is 0 Å².